The van der Waals surface area contributed by atoms with Gasteiger partial charge in [0.25, 0.3) is 0 Å². The van der Waals surface area contributed by atoms with E-state index in [0.717, 1.165) is 0 Å². The van der Waals surface area contributed by atoms with Crippen LogP contribution in [0.3, 0.4) is 0 Å². The highest BCUT2D eigenvalue weighted by molar-refractivity contribution is 7.59. The molecule has 1 heterocycles. The first-order chi connectivity index (χ1) is 17.8. The first-order valence-corrected chi connectivity index (χ1v) is 21.0. The van der Waals surface area contributed by atoms with Gasteiger partial charge < -0.3 is 0 Å². The van der Waals surface area contributed by atoms with E-state index in [0.29, 0.717) is 33.2 Å². The Morgan fingerprint density at radius 3 is 1.21 bits per heavy atom. The Morgan fingerprint density at radius 2 is 0.895 bits per heavy atom. The van der Waals surface area contributed by atoms with Crippen molar-refractivity contribution in [3.05, 3.63) is 52.0 Å². The summed E-state index contributed by atoms with van der Waals surface area (Å²) in [5, 5.41) is 4.34. The molecular formula is C35H53PSi2. The molecule has 0 spiro atoms. The first kappa shape index (κ1) is 31.1. The van der Waals surface area contributed by atoms with Crippen molar-refractivity contribution >= 4 is 23.7 Å². The molecule has 0 radical (unpaired) electrons. The summed E-state index contributed by atoms with van der Waals surface area (Å²) in [6.45, 7) is 29.1. The lowest BCUT2D eigenvalue weighted by Gasteiger charge is -2.38. The maximum Gasteiger partial charge on any atom is 0.146 e. The van der Waals surface area contributed by atoms with Gasteiger partial charge in [0.1, 0.15) is 16.1 Å². The van der Waals surface area contributed by atoms with Crippen molar-refractivity contribution in [2.45, 2.75) is 136 Å². The maximum atomic E-state index is 4.11. The maximum absolute atomic E-state index is 4.11. The van der Waals surface area contributed by atoms with E-state index in [9.17, 15) is 0 Å². The summed E-state index contributed by atoms with van der Waals surface area (Å²) in [6, 6.07) is 11.2. The fourth-order valence-corrected chi connectivity index (χ4v) is 21.2. The highest BCUT2D eigenvalue weighted by atomic mass is 31.1. The van der Waals surface area contributed by atoms with Crippen molar-refractivity contribution < 1.29 is 0 Å². The molecule has 0 unspecified atom stereocenters. The van der Waals surface area contributed by atoms with E-state index in [1.807, 2.05) is 0 Å². The third kappa shape index (κ3) is 5.44. The molecule has 0 atom stereocenters. The van der Waals surface area contributed by atoms with Crippen LogP contribution in [0.5, 0.6) is 0 Å². The van der Waals surface area contributed by atoms with Gasteiger partial charge in [0.05, 0.1) is 10.6 Å². The molecule has 38 heavy (non-hydrogen) atoms. The molecule has 0 N–H and O–H groups in total. The third-order valence-corrected chi connectivity index (χ3v) is 24.8. The lowest BCUT2D eigenvalue weighted by atomic mass is 10.1. The molecule has 0 bridgehead atoms. The van der Waals surface area contributed by atoms with E-state index >= 15 is 0 Å². The molecule has 0 nitrogen and oxygen atoms in total. The van der Waals surface area contributed by atoms with Crippen LogP contribution in [-0.4, -0.2) is 16.1 Å². The van der Waals surface area contributed by atoms with Gasteiger partial charge in [-0.1, -0.05) is 133 Å². The first-order valence-electron chi connectivity index (χ1n) is 15.2. The smallest absolute Gasteiger partial charge is 0.125 e. The highest BCUT2D eigenvalue weighted by Gasteiger charge is 2.43. The molecule has 3 rings (SSSR count). The zero-order chi connectivity index (χ0) is 28.4. The van der Waals surface area contributed by atoms with Gasteiger partial charge in [0.2, 0.25) is 0 Å². The van der Waals surface area contributed by atoms with Gasteiger partial charge in [0, 0.05) is 5.30 Å². The molecule has 1 aliphatic carbocycles. The Labute approximate surface area is 238 Å². The minimum Gasteiger partial charge on any atom is -0.125 e. The molecule has 0 fully saturated rings. The van der Waals surface area contributed by atoms with Gasteiger partial charge in [-0.25, -0.2) is 0 Å². The van der Waals surface area contributed by atoms with E-state index in [2.05, 4.69) is 136 Å². The lowest BCUT2D eigenvalue weighted by Crippen LogP contribution is -2.43. The molecule has 3 heteroatoms. The fraction of sp³-hybridized carbons (Fsp3) is 0.600. The topological polar surface area (TPSA) is 0 Å². The number of rotatable bonds is 7. The molecule has 1 aromatic heterocycles. The van der Waals surface area contributed by atoms with Crippen molar-refractivity contribution in [3.8, 4) is 28.2 Å². The predicted octanol–water partition coefficient (Wildman–Crippen LogP) is 11.3. The van der Waals surface area contributed by atoms with Gasteiger partial charge in [0.15, 0.2) is 0 Å². The van der Waals surface area contributed by atoms with Gasteiger partial charge in [-0.3, -0.25) is 0 Å². The zero-order valence-electron chi connectivity index (χ0n) is 26.4. The van der Waals surface area contributed by atoms with E-state index in [4.69, 9.17) is 0 Å². The average molecular weight is 561 g/mol. The fourth-order valence-electron chi connectivity index (χ4n) is 7.95. The molecule has 1 aromatic carbocycles. The van der Waals surface area contributed by atoms with Crippen molar-refractivity contribution in [3.63, 3.8) is 0 Å². The van der Waals surface area contributed by atoms with Crippen LogP contribution in [0.25, 0.3) is 5.30 Å². The van der Waals surface area contributed by atoms with E-state index in [1.165, 1.54) is 35.2 Å². The minimum atomic E-state index is -1.82. The largest absolute Gasteiger partial charge is 0.146 e. The Kier molecular flexibility index (Phi) is 10.1. The van der Waals surface area contributed by atoms with Crippen LogP contribution >= 0.6 is 7.53 Å². The minimum absolute atomic E-state index is 0.648. The molecule has 2 aromatic rings. The van der Waals surface area contributed by atoms with E-state index < -0.39 is 23.7 Å². The monoisotopic (exact) mass is 560 g/mol. The van der Waals surface area contributed by atoms with Crippen molar-refractivity contribution in [2.24, 2.45) is 0 Å². The second-order valence-electron chi connectivity index (χ2n) is 13.5. The molecule has 0 saturated carbocycles. The van der Waals surface area contributed by atoms with Crippen LogP contribution in [0.1, 0.15) is 111 Å². The van der Waals surface area contributed by atoms with Crippen molar-refractivity contribution in [1.29, 1.82) is 0 Å². The third-order valence-electron chi connectivity index (χ3n) is 9.78. The van der Waals surface area contributed by atoms with Crippen molar-refractivity contribution in [1.82, 2.24) is 0 Å². The Hall–Kier alpha value is -1.45. The SMILES string of the molecule is CC(C)[Si](C#Cc1c2c(c(C#C[Si](C(C)C)(C(C)C)C(C)C)p1-c1ccccc1)CCC2)(C(C)C)C(C)C. The Balaban J connectivity index is 2.39. The molecular weight excluding hydrogens is 508 g/mol. The summed E-state index contributed by atoms with van der Waals surface area (Å²) in [5.41, 5.74) is 15.3. The molecule has 1 aliphatic rings. The van der Waals surface area contributed by atoms with Crippen LogP contribution in [0.15, 0.2) is 30.3 Å². The summed E-state index contributed by atoms with van der Waals surface area (Å²) in [4.78, 5) is 0. The van der Waals surface area contributed by atoms with Crippen LogP contribution < -0.4 is 0 Å². The Morgan fingerprint density at radius 1 is 0.553 bits per heavy atom. The van der Waals surface area contributed by atoms with Gasteiger partial charge in [-0.15, -0.1) is 11.1 Å². The van der Waals surface area contributed by atoms with Gasteiger partial charge in [-0.05, 0) is 63.6 Å². The number of fused-ring (bicyclic) bond motifs is 1. The van der Waals surface area contributed by atoms with E-state index in [-0.39, 0.29) is 0 Å². The van der Waals surface area contributed by atoms with Crippen LogP contribution in [-0.2, 0) is 12.8 Å². The summed E-state index contributed by atoms with van der Waals surface area (Å²) < 4.78 is 0. The zero-order valence-corrected chi connectivity index (χ0v) is 29.3. The van der Waals surface area contributed by atoms with E-state index in [1.54, 1.807) is 11.1 Å². The van der Waals surface area contributed by atoms with Gasteiger partial charge in [-0.2, -0.15) is 0 Å². The van der Waals surface area contributed by atoms with Crippen LogP contribution in [0.4, 0.5) is 0 Å². The Bertz CT molecular complexity index is 1100. The van der Waals surface area contributed by atoms with Gasteiger partial charge >= 0.3 is 0 Å². The number of benzene rings is 1. The second kappa shape index (κ2) is 12.4. The summed E-state index contributed by atoms with van der Waals surface area (Å²) in [5.74, 6) is 8.01. The molecule has 0 aliphatic heterocycles. The van der Waals surface area contributed by atoms with Crippen LogP contribution in [0.2, 0.25) is 33.2 Å². The number of hydrogen-bond acceptors (Lipinski definition) is 0. The lowest BCUT2D eigenvalue weighted by molar-refractivity contribution is 0.838. The molecule has 206 valence electrons. The normalized spacial score (nSPS) is 13.9. The molecule has 0 amide bonds. The summed E-state index contributed by atoms with van der Waals surface area (Å²) in [7, 11) is -4.30. The van der Waals surface area contributed by atoms with Crippen LogP contribution in [0, 0.1) is 22.9 Å². The standard InChI is InChI=1S/C35H53PSi2/c1-25(2)37(26(3)4,27(5)6)23-21-34-32-19-16-20-33(32)35(36(34)31-17-14-13-15-18-31)22-24-38(28(7)8,29(9)10)30(11)12/h13-15,17-18,25-30H,16,19-20H2,1-12H3. The molecule has 0 saturated heterocycles. The highest BCUT2D eigenvalue weighted by Crippen LogP contribution is 2.54. The number of hydrogen-bond donors (Lipinski definition) is 0. The summed E-state index contributed by atoms with van der Waals surface area (Å²) >= 11 is 0. The average Bonchev–Trinajstić information content (AvgIpc) is 3.41. The summed E-state index contributed by atoms with van der Waals surface area (Å²) in [6.07, 6.45) is 3.61. The predicted molar refractivity (Wildman–Crippen MR) is 178 cm³/mol. The van der Waals surface area contributed by atoms with Crippen molar-refractivity contribution in [2.75, 3.05) is 0 Å². The second-order valence-corrected chi connectivity index (χ2v) is 26.7. The quantitative estimate of drug-likeness (QED) is 0.233.